The fourth-order valence-electron chi connectivity index (χ4n) is 3.05. The lowest BCUT2D eigenvalue weighted by atomic mass is 9.77. The molecule has 1 aromatic rings. The highest BCUT2D eigenvalue weighted by Gasteiger charge is 2.52. The van der Waals surface area contributed by atoms with E-state index < -0.39 is 36.0 Å². The molecule has 134 valence electrons. The lowest BCUT2D eigenvalue weighted by molar-refractivity contribution is -0.141. The quantitative estimate of drug-likeness (QED) is 0.521. The van der Waals surface area contributed by atoms with Gasteiger partial charge in [-0.05, 0) is 37.7 Å². The standard InChI is InChI=1S/C15H19N5O5/c1-9-2-5-15(6-3-9)13(23)20(14(24)17-15)19-11(21)8-25-12(22)10-4-7-16-18-10/h4,7,9H,2-3,5-6,8H2,1H3,(H,16,18)(H,17,24)(H,19,21). The zero-order valence-electron chi connectivity index (χ0n) is 13.7. The lowest BCUT2D eigenvalue weighted by Crippen LogP contribution is -2.52. The minimum absolute atomic E-state index is 0.0954. The average molecular weight is 349 g/mol. The van der Waals surface area contributed by atoms with Crippen LogP contribution in [0.2, 0.25) is 0 Å². The first-order valence-electron chi connectivity index (χ1n) is 8.04. The van der Waals surface area contributed by atoms with Crippen molar-refractivity contribution in [3.63, 3.8) is 0 Å². The van der Waals surface area contributed by atoms with Crippen molar-refractivity contribution in [3.8, 4) is 0 Å². The Balaban J connectivity index is 1.55. The molecule has 2 fully saturated rings. The number of rotatable bonds is 4. The normalized spacial score (nSPS) is 25.8. The number of amides is 4. The molecule has 1 aromatic heterocycles. The van der Waals surface area contributed by atoms with Crippen molar-refractivity contribution in [2.75, 3.05) is 6.61 Å². The van der Waals surface area contributed by atoms with Crippen molar-refractivity contribution < 1.29 is 23.9 Å². The Hall–Kier alpha value is -2.91. The Morgan fingerprint density at radius 1 is 1.40 bits per heavy atom. The Labute approximate surface area is 143 Å². The average Bonchev–Trinajstić information content (AvgIpc) is 3.20. The molecule has 2 heterocycles. The molecular weight excluding hydrogens is 330 g/mol. The molecule has 10 nitrogen and oxygen atoms in total. The number of aromatic nitrogens is 2. The molecule has 0 bridgehead atoms. The summed E-state index contributed by atoms with van der Waals surface area (Å²) in [7, 11) is 0. The number of hydrogen-bond acceptors (Lipinski definition) is 6. The Bertz CT molecular complexity index is 693. The van der Waals surface area contributed by atoms with Gasteiger partial charge in [0.05, 0.1) is 0 Å². The summed E-state index contributed by atoms with van der Waals surface area (Å²) in [6, 6.07) is 0.721. The van der Waals surface area contributed by atoms with Crippen LogP contribution in [0.4, 0.5) is 4.79 Å². The van der Waals surface area contributed by atoms with Crippen LogP contribution in [0.25, 0.3) is 0 Å². The highest BCUT2D eigenvalue weighted by atomic mass is 16.5. The fraction of sp³-hybridized carbons (Fsp3) is 0.533. The number of carbonyl (C=O) groups excluding carboxylic acids is 4. The summed E-state index contributed by atoms with van der Waals surface area (Å²) >= 11 is 0. The third-order valence-electron chi connectivity index (χ3n) is 4.58. The zero-order valence-corrected chi connectivity index (χ0v) is 13.7. The van der Waals surface area contributed by atoms with Crippen LogP contribution in [0, 0.1) is 5.92 Å². The van der Waals surface area contributed by atoms with Crippen LogP contribution in [0.5, 0.6) is 0 Å². The van der Waals surface area contributed by atoms with E-state index in [2.05, 4.69) is 27.9 Å². The van der Waals surface area contributed by atoms with Crippen LogP contribution in [0.3, 0.4) is 0 Å². The van der Waals surface area contributed by atoms with Crippen molar-refractivity contribution in [3.05, 3.63) is 18.0 Å². The Morgan fingerprint density at radius 2 is 2.12 bits per heavy atom. The van der Waals surface area contributed by atoms with Gasteiger partial charge >= 0.3 is 12.0 Å². The summed E-state index contributed by atoms with van der Waals surface area (Å²) in [5.41, 5.74) is 1.35. The van der Waals surface area contributed by atoms with Gasteiger partial charge in [0.2, 0.25) is 0 Å². The largest absolute Gasteiger partial charge is 0.451 e. The first kappa shape index (κ1) is 16.9. The van der Waals surface area contributed by atoms with Gasteiger partial charge in [0.15, 0.2) is 6.61 Å². The van der Waals surface area contributed by atoms with E-state index in [1.165, 1.54) is 12.3 Å². The second-order valence-corrected chi connectivity index (χ2v) is 6.42. The number of ether oxygens (including phenoxy) is 1. The van der Waals surface area contributed by atoms with Crippen molar-refractivity contribution in [2.45, 2.75) is 38.1 Å². The second kappa shape index (κ2) is 6.54. The van der Waals surface area contributed by atoms with Crippen LogP contribution in [-0.4, -0.2) is 51.2 Å². The monoisotopic (exact) mass is 349 g/mol. The minimum atomic E-state index is -0.941. The molecule has 1 aliphatic heterocycles. The maximum absolute atomic E-state index is 12.6. The van der Waals surface area contributed by atoms with E-state index in [4.69, 9.17) is 4.74 Å². The van der Waals surface area contributed by atoms with Crippen molar-refractivity contribution in [1.82, 2.24) is 25.9 Å². The summed E-state index contributed by atoms with van der Waals surface area (Å²) in [5, 5.41) is 9.35. The van der Waals surface area contributed by atoms with Crippen LogP contribution in [0.1, 0.15) is 43.1 Å². The maximum Gasteiger partial charge on any atom is 0.356 e. The molecule has 4 amide bonds. The summed E-state index contributed by atoms with van der Waals surface area (Å²) in [6.07, 6.45) is 4.11. The van der Waals surface area contributed by atoms with E-state index in [0.717, 1.165) is 12.8 Å². The number of hydrazine groups is 1. The van der Waals surface area contributed by atoms with E-state index in [-0.39, 0.29) is 5.69 Å². The highest BCUT2D eigenvalue weighted by Crippen LogP contribution is 2.35. The second-order valence-electron chi connectivity index (χ2n) is 6.42. The van der Waals surface area contributed by atoms with Gasteiger partial charge in [0, 0.05) is 6.20 Å². The molecule has 10 heteroatoms. The molecule has 2 aliphatic rings. The van der Waals surface area contributed by atoms with E-state index in [0.29, 0.717) is 23.8 Å². The van der Waals surface area contributed by atoms with Gasteiger partial charge < -0.3 is 10.1 Å². The first-order chi connectivity index (χ1) is 11.9. The van der Waals surface area contributed by atoms with Crippen LogP contribution in [-0.2, 0) is 14.3 Å². The summed E-state index contributed by atoms with van der Waals surface area (Å²) < 4.78 is 4.79. The van der Waals surface area contributed by atoms with Gasteiger partial charge in [0.1, 0.15) is 11.2 Å². The molecule has 25 heavy (non-hydrogen) atoms. The number of urea groups is 1. The predicted molar refractivity (Wildman–Crippen MR) is 82.8 cm³/mol. The maximum atomic E-state index is 12.6. The lowest BCUT2D eigenvalue weighted by Gasteiger charge is -2.33. The number of imide groups is 1. The number of aromatic amines is 1. The molecule has 1 aliphatic carbocycles. The van der Waals surface area contributed by atoms with Gasteiger partial charge in [-0.1, -0.05) is 6.92 Å². The van der Waals surface area contributed by atoms with Gasteiger partial charge in [0.25, 0.3) is 11.8 Å². The van der Waals surface area contributed by atoms with Gasteiger partial charge in [-0.15, -0.1) is 0 Å². The topological polar surface area (TPSA) is 133 Å². The molecule has 0 atom stereocenters. The van der Waals surface area contributed by atoms with Crippen LogP contribution < -0.4 is 10.7 Å². The highest BCUT2D eigenvalue weighted by molar-refractivity contribution is 6.08. The molecular formula is C15H19N5O5. The van der Waals surface area contributed by atoms with Crippen LogP contribution >= 0.6 is 0 Å². The molecule has 0 radical (unpaired) electrons. The van der Waals surface area contributed by atoms with Crippen molar-refractivity contribution >= 4 is 23.8 Å². The molecule has 0 aromatic carbocycles. The molecule has 0 unspecified atom stereocenters. The van der Waals surface area contributed by atoms with Crippen molar-refractivity contribution in [1.29, 1.82) is 0 Å². The van der Waals surface area contributed by atoms with E-state index in [9.17, 15) is 19.2 Å². The van der Waals surface area contributed by atoms with Crippen LogP contribution in [0.15, 0.2) is 12.3 Å². The zero-order chi connectivity index (χ0) is 18.0. The molecule has 3 N–H and O–H groups in total. The van der Waals surface area contributed by atoms with Gasteiger partial charge in [-0.2, -0.15) is 10.1 Å². The number of esters is 1. The van der Waals surface area contributed by atoms with E-state index >= 15 is 0 Å². The van der Waals surface area contributed by atoms with Gasteiger partial charge in [-0.3, -0.25) is 20.1 Å². The minimum Gasteiger partial charge on any atom is -0.451 e. The first-order valence-corrected chi connectivity index (χ1v) is 8.04. The molecule has 1 saturated heterocycles. The number of nitrogens with zero attached hydrogens (tertiary/aromatic N) is 2. The van der Waals surface area contributed by atoms with E-state index in [1.54, 1.807) is 0 Å². The molecule has 1 saturated carbocycles. The Kier molecular flexibility index (Phi) is 4.43. The summed E-state index contributed by atoms with van der Waals surface area (Å²) in [5.74, 6) is -1.52. The molecule has 1 spiro atoms. The third kappa shape index (κ3) is 3.32. The number of nitrogens with one attached hydrogen (secondary N) is 3. The Morgan fingerprint density at radius 3 is 2.76 bits per heavy atom. The predicted octanol–water partition coefficient (Wildman–Crippen LogP) is 0.0984. The smallest absolute Gasteiger partial charge is 0.356 e. The summed E-state index contributed by atoms with van der Waals surface area (Å²) in [4.78, 5) is 48.1. The van der Waals surface area contributed by atoms with E-state index in [1.807, 2.05) is 0 Å². The number of hydrogen-bond donors (Lipinski definition) is 3. The molecule has 3 rings (SSSR count). The SMILES string of the molecule is CC1CCC2(CC1)NC(=O)N(NC(=O)COC(=O)c1ccn[nH]1)C2=O. The number of H-pyrrole nitrogens is 1. The number of carbonyl (C=O) groups is 4. The summed E-state index contributed by atoms with van der Waals surface area (Å²) in [6.45, 7) is 1.47. The van der Waals surface area contributed by atoms with Crippen molar-refractivity contribution in [2.24, 2.45) is 5.92 Å². The fourth-order valence-corrected chi connectivity index (χ4v) is 3.05. The third-order valence-corrected chi connectivity index (χ3v) is 4.58. The van der Waals surface area contributed by atoms with Gasteiger partial charge in [-0.25, -0.2) is 9.59 Å².